The standard InChI is InChI=1S/C26H27N3O5S2/c1-15-3-8-18(13-23(15)34-2)24(29-26-28-22(14-35-26)25(30)31)20(21(27)12-17-4-5-17)11-16-6-9-19(10-7-16)36(32)33/h3,6-10,13-14,17,27H,4-5,11-12H2,1-2H3,(H,28,29)(H,30,31)(H,32,33)/b24-20-,27-21?. The zero-order valence-electron chi connectivity index (χ0n) is 19.9. The van der Waals surface area contributed by atoms with Crippen molar-refractivity contribution >= 4 is 44.9 Å². The summed E-state index contributed by atoms with van der Waals surface area (Å²) in [5.74, 6) is 0.0730. The number of methoxy groups -OCH3 is 1. The Labute approximate surface area is 215 Å². The molecule has 36 heavy (non-hydrogen) atoms. The van der Waals surface area contributed by atoms with Crippen LogP contribution in [0.15, 0.2) is 58.3 Å². The largest absolute Gasteiger partial charge is 0.496 e. The van der Waals surface area contributed by atoms with Crippen molar-refractivity contribution < 1.29 is 23.4 Å². The topological polar surface area (TPSA) is 133 Å². The van der Waals surface area contributed by atoms with Crippen molar-refractivity contribution in [1.82, 2.24) is 4.98 Å². The van der Waals surface area contributed by atoms with Gasteiger partial charge in [-0.05, 0) is 61.4 Å². The first-order valence-electron chi connectivity index (χ1n) is 11.4. The predicted octanol–water partition coefficient (Wildman–Crippen LogP) is 5.62. The molecule has 3 aromatic rings. The Morgan fingerprint density at radius 2 is 1.97 bits per heavy atom. The molecule has 1 heterocycles. The van der Waals surface area contributed by atoms with Gasteiger partial charge < -0.3 is 25.1 Å². The van der Waals surface area contributed by atoms with Crippen LogP contribution in [0.25, 0.3) is 5.70 Å². The normalized spacial score (nSPS) is 14.6. The van der Waals surface area contributed by atoms with E-state index in [0.29, 0.717) is 45.9 Å². The number of anilines is 1. The van der Waals surface area contributed by atoms with Gasteiger partial charge in [0, 0.05) is 28.6 Å². The molecule has 8 nitrogen and oxygen atoms in total. The molecule has 0 spiro atoms. The second-order valence-electron chi connectivity index (χ2n) is 8.70. The Balaban J connectivity index is 1.83. The van der Waals surface area contributed by atoms with E-state index < -0.39 is 17.0 Å². The Morgan fingerprint density at radius 1 is 1.25 bits per heavy atom. The van der Waals surface area contributed by atoms with Gasteiger partial charge in [-0.3, -0.25) is 0 Å². The fourth-order valence-electron chi connectivity index (χ4n) is 3.84. The van der Waals surface area contributed by atoms with Gasteiger partial charge in [0.25, 0.3) is 0 Å². The number of benzene rings is 2. The molecule has 1 saturated carbocycles. The van der Waals surface area contributed by atoms with Gasteiger partial charge in [-0.2, -0.15) is 0 Å². The van der Waals surface area contributed by atoms with Gasteiger partial charge in [0.15, 0.2) is 21.9 Å². The molecule has 0 radical (unpaired) electrons. The lowest BCUT2D eigenvalue weighted by Gasteiger charge is -2.19. The maximum Gasteiger partial charge on any atom is 0.355 e. The highest BCUT2D eigenvalue weighted by Gasteiger charge is 2.26. The summed E-state index contributed by atoms with van der Waals surface area (Å²) in [6.45, 7) is 1.95. The molecule has 4 rings (SSSR count). The summed E-state index contributed by atoms with van der Waals surface area (Å²) < 4.78 is 26.3. The number of rotatable bonds is 11. The molecule has 1 aliphatic carbocycles. The second kappa shape index (κ2) is 11.2. The number of hydrogen-bond acceptors (Lipinski definition) is 7. The molecule has 4 N–H and O–H groups in total. The molecule has 1 aliphatic rings. The fourth-order valence-corrected chi connectivity index (χ4v) is 4.90. The summed E-state index contributed by atoms with van der Waals surface area (Å²) in [6, 6.07) is 12.6. The number of allylic oxidation sites excluding steroid dienone is 1. The number of carboxylic acids is 1. The molecule has 2 aromatic carbocycles. The molecule has 0 saturated heterocycles. The van der Waals surface area contributed by atoms with Gasteiger partial charge in [0.2, 0.25) is 0 Å². The van der Waals surface area contributed by atoms with Crippen LogP contribution in [0.2, 0.25) is 0 Å². The van der Waals surface area contributed by atoms with E-state index in [4.69, 9.17) is 10.1 Å². The first-order valence-corrected chi connectivity index (χ1v) is 13.4. The van der Waals surface area contributed by atoms with Gasteiger partial charge in [0.05, 0.1) is 17.7 Å². The van der Waals surface area contributed by atoms with Crippen LogP contribution in [0.5, 0.6) is 5.75 Å². The van der Waals surface area contributed by atoms with E-state index in [1.165, 1.54) is 16.7 Å². The third-order valence-corrected chi connectivity index (χ3v) is 7.45. The number of nitrogens with one attached hydrogen (secondary N) is 2. The fraction of sp³-hybridized carbons (Fsp3) is 0.269. The molecule has 1 fully saturated rings. The SMILES string of the molecule is COc1cc(/C(Nc2nc(C(=O)O)cs2)=C(\Cc2ccc(S(=O)O)cc2)C(=N)CC2CC2)ccc1C. The van der Waals surface area contributed by atoms with Crippen LogP contribution >= 0.6 is 11.3 Å². The lowest BCUT2D eigenvalue weighted by molar-refractivity contribution is 0.0691. The number of aromatic carboxylic acids is 1. The Morgan fingerprint density at radius 3 is 2.56 bits per heavy atom. The van der Waals surface area contributed by atoms with E-state index in [1.807, 2.05) is 25.1 Å². The number of carboxylic acid groups (broad SMARTS) is 1. The molecule has 0 amide bonds. The van der Waals surface area contributed by atoms with Gasteiger partial charge >= 0.3 is 5.97 Å². The lowest BCUT2D eigenvalue weighted by Crippen LogP contribution is -2.13. The molecule has 1 aromatic heterocycles. The molecular weight excluding hydrogens is 498 g/mol. The summed E-state index contributed by atoms with van der Waals surface area (Å²) in [7, 11) is 1.60. The van der Waals surface area contributed by atoms with Crippen LogP contribution < -0.4 is 10.1 Å². The number of aromatic nitrogens is 1. The van der Waals surface area contributed by atoms with Crippen molar-refractivity contribution in [2.45, 2.75) is 37.5 Å². The second-order valence-corrected chi connectivity index (χ2v) is 10.5. The third kappa shape index (κ3) is 6.26. The van der Waals surface area contributed by atoms with Crippen molar-refractivity contribution in [3.05, 3.63) is 75.8 Å². The van der Waals surface area contributed by atoms with Crippen LogP contribution in [-0.4, -0.2) is 37.6 Å². The van der Waals surface area contributed by atoms with Crippen molar-refractivity contribution in [2.75, 3.05) is 12.4 Å². The number of nitrogens with zero attached hydrogens (tertiary/aromatic N) is 1. The number of aryl methyl sites for hydroxylation is 1. The number of hydrogen-bond donors (Lipinski definition) is 4. The minimum atomic E-state index is -2.07. The maximum atomic E-state index is 11.4. The average molecular weight is 526 g/mol. The molecule has 0 aliphatic heterocycles. The van der Waals surface area contributed by atoms with Gasteiger partial charge in [-0.15, -0.1) is 11.3 Å². The monoisotopic (exact) mass is 525 g/mol. The first-order chi connectivity index (χ1) is 17.2. The first kappa shape index (κ1) is 25.7. The quantitative estimate of drug-likeness (QED) is 0.188. The highest BCUT2D eigenvalue weighted by molar-refractivity contribution is 7.79. The minimum Gasteiger partial charge on any atom is -0.496 e. The lowest BCUT2D eigenvalue weighted by atomic mass is 9.93. The van der Waals surface area contributed by atoms with E-state index in [2.05, 4.69) is 10.3 Å². The highest BCUT2D eigenvalue weighted by atomic mass is 32.2. The van der Waals surface area contributed by atoms with Crippen LogP contribution in [0.3, 0.4) is 0 Å². The summed E-state index contributed by atoms with van der Waals surface area (Å²) in [5, 5.41) is 23.5. The smallest absolute Gasteiger partial charge is 0.355 e. The van der Waals surface area contributed by atoms with Crippen LogP contribution in [0.1, 0.15) is 46.4 Å². The predicted molar refractivity (Wildman–Crippen MR) is 142 cm³/mol. The van der Waals surface area contributed by atoms with Crippen molar-refractivity contribution in [3.8, 4) is 5.75 Å². The zero-order valence-corrected chi connectivity index (χ0v) is 21.5. The van der Waals surface area contributed by atoms with Crippen LogP contribution in [-0.2, 0) is 17.5 Å². The molecular formula is C26H27N3O5S2. The molecule has 0 bridgehead atoms. The number of ether oxygens (including phenoxy) is 1. The minimum absolute atomic E-state index is 0.0504. The van der Waals surface area contributed by atoms with Crippen molar-refractivity contribution in [3.63, 3.8) is 0 Å². The van der Waals surface area contributed by atoms with Crippen molar-refractivity contribution in [2.24, 2.45) is 5.92 Å². The van der Waals surface area contributed by atoms with Crippen LogP contribution in [0, 0.1) is 18.3 Å². The molecule has 10 heteroatoms. The summed E-state index contributed by atoms with van der Waals surface area (Å²) in [5.41, 5.74) is 4.47. The Bertz CT molecular complexity index is 1340. The maximum absolute atomic E-state index is 11.4. The summed E-state index contributed by atoms with van der Waals surface area (Å²) >= 11 is -0.886. The van der Waals surface area contributed by atoms with E-state index in [0.717, 1.165) is 35.1 Å². The van der Waals surface area contributed by atoms with Crippen LogP contribution in [0.4, 0.5) is 5.13 Å². The number of carbonyl (C=O) groups is 1. The molecule has 1 atom stereocenters. The Kier molecular flexibility index (Phi) is 7.97. The van der Waals surface area contributed by atoms with E-state index in [9.17, 15) is 18.7 Å². The van der Waals surface area contributed by atoms with Gasteiger partial charge in [-0.25, -0.2) is 14.0 Å². The van der Waals surface area contributed by atoms with E-state index >= 15 is 0 Å². The molecule has 1 unspecified atom stereocenters. The summed E-state index contributed by atoms with van der Waals surface area (Å²) in [6.07, 6.45) is 3.24. The highest BCUT2D eigenvalue weighted by Crippen LogP contribution is 2.36. The van der Waals surface area contributed by atoms with E-state index in [-0.39, 0.29) is 5.69 Å². The van der Waals surface area contributed by atoms with Crippen molar-refractivity contribution in [1.29, 1.82) is 5.41 Å². The van der Waals surface area contributed by atoms with Gasteiger partial charge in [0.1, 0.15) is 5.75 Å². The zero-order chi connectivity index (χ0) is 25.8. The average Bonchev–Trinajstić information content (AvgIpc) is 3.54. The van der Waals surface area contributed by atoms with Gasteiger partial charge in [-0.1, -0.05) is 24.3 Å². The molecule has 188 valence electrons. The Hall–Kier alpha value is -3.34. The summed E-state index contributed by atoms with van der Waals surface area (Å²) in [4.78, 5) is 15.9. The van der Waals surface area contributed by atoms with E-state index in [1.54, 1.807) is 31.4 Å². The third-order valence-electron chi connectivity index (χ3n) is 6.01. The number of thiazole rings is 1.